The number of benzene rings is 1. The molecule has 2 heteroatoms. The zero-order valence-electron chi connectivity index (χ0n) is 13.1. The molecule has 0 aromatic heterocycles. The summed E-state index contributed by atoms with van der Waals surface area (Å²) in [5, 5.41) is 3.49. The van der Waals surface area contributed by atoms with Crippen LogP contribution in [0.5, 0.6) is 0 Å². The average molecular weight is 260 g/mol. The van der Waals surface area contributed by atoms with Crippen LogP contribution in [0.2, 0.25) is 0 Å². The van der Waals surface area contributed by atoms with Crippen molar-refractivity contribution in [1.29, 1.82) is 0 Å². The quantitative estimate of drug-likeness (QED) is 0.892. The Kier molecular flexibility index (Phi) is 4.32. The maximum Gasteiger partial charge on any atom is 0.0447 e. The lowest BCUT2D eigenvalue weighted by Gasteiger charge is -2.34. The van der Waals surface area contributed by atoms with Crippen molar-refractivity contribution in [1.82, 2.24) is 10.2 Å². The molecule has 2 rings (SSSR count). The van der Waals surface area contributed by atoms with Gasteiger partial charge in [0.1, 0.15) is 0 Å². The smallest absolute Gasteiger partial charge is 0.0447 e. The second-order valence-corrected chi connectivity index (χ2v) is 6.55. The van der Waals surface area contributed by atoms with Crippen LogP contribution in [0, 0.1) is 13.8 Å². The van der Waals surface area contributed by atoms with Gasteiger partial charge in [0, 0.05) is 18.1 Å². The maximum absolute atomic E-state index is 3.49. The molecule has 19 heavy (non-hydrogen) atoms. The van der Waals surface area contributed by atoms with Crippen LogP contribution in [-0.2, 0) is 0 Å². The lowest BCUT2D eigenvalue weighted by atomic mass is 9.98. The summed E-state index contributed by atoms with van der Waals surface area (Å²) in [5.41, 5.74) is 4.53. The molecule has 1 saturated heterocycles. The number of nitrogens with one attached hydrogen (secondary N) is 1. The number of hydrogen-bond acceptors (Lipinski definition) is 2. The zero-order chi connectivity index (χ0) is 14.0. The molecule has 1 N–H and O–H groups in total. The summed E-state index contributed by atoms with van der Waals surface area (Å²) >= 11 is 0. The second-order valence-electron chi connectivity index (χ2n) is 6.55. The SMILES string of the molecule is CNC(CN1CCCC1(C)C)c1ccc(C)c(C)c1. The maximum atomic E-state index is 3.49. The van der Waals surface area contributed by atoms with E-state index in [4.69, 9.17) is 0 Å². The summed E-state index contributed by atoms with van der Waals surface area (Å²) in [4.78, 5) is 2.63. The Bertz CT molecular complexity index is 437. The third kappa shape index (κ3) is 3.18. The van der Waals surface area contributed by atoms with Gasteiger partial charge >= 0.3 is 0 Å². The number of rotatable bonds is 4. The van der Waals surface area contributed by atoms with Crippen molar-refractivity contribution in [3.63, 3.8) is 0 Å². The second kappa shape index (κ2) is 5.64. The first-order valence-electron chi connectivity index (χ1n) is 7.43. The molecule has 1 aliphatic heterocycles. The van der Waals surface area contributed by atoms with Gasteiger partial charge in [-0.3, -0.25) is 4.90 Å². The Morgan fingerprint density at radius 2 is 2.00 bits per heavy atom. The van der Waals surface area contributed by atoms with Gasteiger partial charge in [-0.05, 0) is 70.8 Å². The van der Waals surface area contributed by atoms with Crippen molar-refractivity contribution in [2.45, 2.75) is 52.1 Å². The Hall–Kier alpha value is -0.860. The molecule has 1 atom stereocenters. The number of hydrogen-bond donors (Lipinski definition) is 1. The Labute approximate surface area is 118 Å². The summed E-state index contributed by atoms with van der Waals surface area (Å²) in [5.74, 6) is 0. The summed E-state index contributed by atoms with van der Waals surface area (Å²) < 4.78 is 0. The van der Waals surface area contributed by atoms with Crippen LogP contribution in [-0.4, -0.2) is 30.6 Å². The van der Waals surface area contributed by atoms with Gasteiger partial charge in [-0.15, -0.1) is 0 Å². The van der Waals surface area contributed by atoms with E-state index >= 15 is 0 Å². The minimum absolute atomic E-state index is 0.356. The molecule has 0 aliphatic carbocycles. The molecule has 1 heterocycles. The molecule has 2 nitrogen and oxygen atoms in total. The minimum atomic E-state index is 0.356. The van der Waals surface area contributed by atoms with E-state index in [2.05, 4.69) is 63.2 Å². The first-order valence-corrected chi connectivity index (χ1v) is 7.43. The summed E-state index contributed by atoms with van der Waals surface area (Å²) in [7, 11) is 2.07. The van der Waals surface area contributed by atoms with Crippen LogP contribution in [0.25, 0.3) is 0 Å². The van der Waals surface area contributed by atoms with Crippen LogP contribution in [0.15, 0.2) is 18.2 Å². The largest absolute Gasteiger partial charge is 0.312 e. The molecule has 1 unspecified atom stereocenters. The van der Waals surface area contributed by atoms with Crippen LogP contribution in [0.3, 0.4) is 0 Å². The van der Waals surface area contributed by atoms with E-state index in [1.807, 2.05) is 0 Å². The van der Waals surface area contributed by atoms with Gasteiger partial charge in [0.25, 0.3) is 0 Å². The topological polar surface area (TPSA) is 15.3 Å². The summed E-state index contributed by atoms with van der Waals surface area (Å²) in [6, 6.07) is 7.27. The molecule has 106 valence electrons. The van der Waals surface area contributed by atoms with E-state index in [1.54, 1.807) is 0 Å². The van der Waals surface area contributed by atoms with Gasteiger partial charge in [0.05, 0.1) is 0 Å². The number of nitrogens with zero attached hydrogens (tertiary/aromatic N) is 1. The van der Waals surface area contributed by atoms with Crippen LogP contribution in [0.4, 0.5) is 0 Å². The molecule has 0 bridgehead atoms. The fourth-order valence-corrected chi connectivity index (χ4v) is 3.07. The van der Waals surface area contributed by atoms with Crippen LogP contribution >= 0.6 is 0 Å². The van der Waals surface area contributed by atoms with E-state index in [1.165, 1.54) is 36.1 Å². The Balaban J connectivity index is 2.14. The summed E-state index contributed by atoms with van der Waals surface area (Å²) in [6.45, 7) is 11.4. The standard InChI is InChI=1S/C17H28N2/c1-13-7-8-15(11-14(13)2)16(18-5)12-19-10-6-9-17(19,3)4/h7-8,11,16,18H,6,9-10,12H2,1-5H3. The Morgan fingerprint density at radius 1 is 1.26 bits per heavy atom. The molecule has 0 amide bonds. The van der Waals surface area contributed by atoms with Gasteiger partial charge in [0.15, 0.2) is 0 Å². The van der Waals surface area contributed by atoms with Gasteiger partial charge in [-0.2, -0.15) is 0 Å². The number of likely N-dealkylation sites (tertiary alicyclic amines) is 1. The van der Waals surface area contributed by atoms with E-state index in [9.17, 15) is 0 Å². The molecule has 1 aromatic rings. The van der Waals surface area contributed by atoms with Crippen molar-refractivity contribution in [2.75, 3.05) is 20.1 Å². The van der Waals surface area contributed by atoms with Gasteiger partial charge in [0.2, 0.25) is 0 Å². The van der Waals surface area contributed by atoms with Crippen molar-refractivity contribution < 1.29 is 0 Å². The monoisotopic (exact) mass is 260 g/mol. The number of aryl methyl sites for hydroxylation is 2. The van der Waals surface area contributed by atoms with Crippen molar-refractivity contribution in [2.24, 2.45) is 0 Å². The average Bonchev–Trinajstić information content (AvgIpc) is 2.69. The summed E-state index contributed by atoms with van der Waals surface area (Å²) in [6.07, 6.45) is 2.65. The first-order chi connectivity index (χ1) is 8.94. The van der Waals surface area contributed by atoms with Crippen molar-refractivity contribution in [3.05, 3.63) is 34.9 Å². The van der Waals surface area contributed by atoms with Gasteiger partial charge in [-0.25, -0.2) is 0 Å². The highest BCUT2D eigenvalue weighted by Gasteiger charge is 2.33. The highest BCUT2D eigenvalue weighted by Crippen LogP contribution is 2.30. The van der Waals surface area contributed by atoms with Crippen LogP contribution < -0.4 is 5.32 Å². The van der Waals surface area contributed by atoms with E-state index < -0.39 is 0 Å². The number of likely N-dealkylation sites (N-methyl/N-ethyl adjacent to an activating group) is 1. The molecule has 0 spiro atoms. The minimum Gasteiger partial charge on any atom is -0.312 e. The highest BCUT2D eigenvalue weighted by molar-refractivity contribution is 5.32. The van der Waals surface area contributed by atoms with Crippen molar-refractivity contribution >= 4 is 0 Å². The molecule has 1 aliphatic rings. The zero-order valence-corrected chi connectivity index (χ0v) is 13.1. The van der Waals surface area contributed by atoms with E-state index in [-0.39, 0.29) is 0 Å². The lowest BCUT2D eigenvalue weighted by Crippen LogP contribution is -2.42. The fourth-order valence-electron chi connectivity index (χ4n) is 3.07. The molecule has 0 saturated carbocycles. The first kappa shape index (κ1) is 14.5. The van der Waals surface area contributed by atoms with Gasteiger partial charge < -0.3 is 5.32 Å². The predicted octanol–water partition coefficient (Wildman–Crippen LogP) is 3.44. The third-order valence-electron chi connectivity index (χ3n) is 4.76. The lowest BCUT2D eigenvalue weighted by molar-refractivity contribution is 0.158. The van der Waals surface area contributed by atoms with E-state index in [0.29, 0.717) is 11.6 Å². The molecular weight excluding hydrogens is 232 g/mol. The van der Waals surface area contributed by atoms with Gasteiger partial charge in [-0.1, -0.05) is 18.2 Å². The van der Waals surface area contributed by atoms with Crippen molar-refractivity contribution in [3.8, 4) is 0 Å². The van der Waals surface area contributed by atoms with Crippen LogP contribution in [0.1, 0.15) is 49.4 Å². The van der Waals surface area contributed by atoms with E-state index in [0.717, 1.165) is 6.54 Å². The predicted molar refractivity (Wildman–Crippen MR) is 82.6 cm³/mol. The third-order valence-corrected chi connectivity index (χ3v) is 4.76. The molecule has 1 fully saturated rings. The fraction of sp³-hybridized carbons (Fsp3) is 0.647. The Morgan fingerprint density at radius 3 is 2.53 bits per heavy atom. The molecular formula is C17H28N2. The molecule has 1 aromatic carbocycles. The normalized spacial score (nSPS) is 20.7. The molecule has 0 radical (unpaired) electrons. The highest BCUT2D eigenvalue weighted by atomic mass is 15.2.